The van der Waals surface area contributed by atoms with E-state index >= 15 is 0 Å². The largest absolute Gasteiger partial charge is 0.477 e. The normalized spacial score (nSPS) is 13.5. The monoisotopic (exact) mass is 256 g/mol. The second-order valence-corrected chi connectivity index (χ2v) is 5.08. The van der Waals surface area contributed by atoms with Gasteiger partial charge in [-0.25, -0.2) is 4.79 Å². The van der Waals surface area contributed by atoms with Gasteiger partial charge in [-0.15, -0.1) is 0 Å². The number of rotatable bonds is 3. The molecule has 0 saturated carbocycles. The average molecular weight is 256 g/mol. The van der Waals surface area contributed by atoms with Crippen LogP contribution in [0.2, 0.25) is 0 Å². The lowest BCUT2D eigenvalue weighted by Crippen LogP contribution is -2.13. The first-order chi connectivity index (χ1) is 9.15. The first-order valence-electron chi connectivity index (χ1n) is 6.52. The molecule has 1 aliphatic rings. The Hall–Kier alpha value is -2.10. The van der Waals surface area contributed by atoms with E-state index in [4.69, 9.17) is 0 Å². The van der Waals surface area contributed by atoms with Gasteiger partial charge in [0, 0.05) is 5.56 Å². The molecule has 4 heteroatoms. The van der Waals surface area contributed by atoms with E-state index in [1.807, 2.05) is 25.1 Å². The van der Waals surface area contributed by atoms with Crippen LogP contribution < -0.4 is 0 Å². The van der Waals surface area contributed by atoms with Crippen molar-refractivity contribution in [2.45, 2.75) is 32.7 Å². The van der Waals surface area contributed by atoms with Gasteiger partial charge < -0.3 is 5.11 Å². The maximum atomic E-state index is 11.4. The third-order valence-corrected chi connectivity index (χ3v) is 3.59. The number of aromatic carboxylic acids is 1. The van der Waals surface area contributed by atoms with Gasteiger partial charge >= 0.3 is 5.97 Å². The molecule has 19 heavy (non-hydrogen) atoms. The zero-order valence-corrected chi connectivity index (χ0v) is 10.9. The minimum Gasteiger partial charge on any atom is -0.477 e. The number of aryl methyl sites for hydroxylation is 2. The van der Waals surface area contributed by atoms with Crippen molar-refractivity contribution in [3.63, 3.8) is 0 Å². The molecule has 1 aliphatic carbocycles. The number of carbonyl (C=O) groups is 1. The molecule has 0 radical (unpaired) electrons. The maximum absolute atomic E-state index is 11.4. The van der Waals surface area contributed by atoms with Crippen molar-refractivity contribution >= 4 is 5.97 Å². The Balaban J connectivity index is 1.99. The standard InChI is InChI=1S/C15H16N2O2/c1-10-4-2-5-11(8-10)9-17-14(15(18)19)12-6-3-7-13(12)16-17/h2,4-5,8H,3,6-7,9H2,1H3,(H,18,19). The Kier molecular flexibility index (Phi) is 2.85. The fraction of sp³-hybridized carbons (Fsp3) is 0.333. The van der Waals surface area contributed by atoms with Gasteiger partial charge in [-0.1, -0.05) is 29.8 Å². The van der Waals surface area contributed by atoms with Gasteiger partial charge in [-0.05, 0) is 31.7 Å². The molecule has 0 bridgehead atoms. The topological polar surface area (TPSA) is 55.1 Å². The summed E-state index contributed by atoms with van der Waals surface area (Å²) in [7, 11) is 0. The van der Waals surface area contributed by atoms with Gasteiger partial charge in [0.1, 0.15) is 5.69 Å². The molecule has 0 aliphatic heterocycles. The summed E-state index contributed by atoms with van der Waals surface area (Å²) in [5.41, 5.74) is 4.52. The lowest BCUT2D eigenvalue weighted by molar-refractivity contribution is 0.0682. The first kappa shape index (κ1) is 12.0. The lowest BCUT2D eigenvalue weighted by Gasteiger charge is -2.07. The van der Waals surface area contributed by atoms with Gasteiger partial charge in [0.15, 0.2) is 0 Å². The highest BCUT2D eigenvalue weighted by Crippen LogP contribution is 2.25. The van der Waals surface area contributed by atoms with Crippen LogP contribution in [0.1, 0.15) is 39.3 Å². The number of nitrogens with zero attached hydrogens (tertiary/aromatic N) is 2. The predicted octanol–water partition coefficient (Wildman–Crippen LogP) is 2.43. The molecule has 4 nitrogen and oxygen atoms in total. The number of benzene rings is 1. The molecule has 1 N–H and O–H groups in total. The van der Waals surface area contributed by atoms with Gasteiger partial charge in [-0.3, -0.25) is 4.68 Å². The fourth-order valence-corrected chi connectivity index (χ4v) is 2.78. The minimum atomic E-state index is -0.872. The van der Waals surface area contributed by atoms with E-state index in [9.17, 15) is 9.90 Å². The molecular formula is C15H16N2O2. The van der Waals surface area contributed by atoms with Crippen LogP contribution in [0.4, 0.5) is 0 Å². The number of hydrogen-bond acceptors (Lipinski definition) is 2. The van der Waals surface area contributed by atoms with Gasteiger partial charge in [0.05, 0.1) is 12.2 Å². The second kappa shape index (κ2) is 4.53. The first-order valence-corrected chi connectivity index (χ1v) is 6.52. The van der Waals surface area contributed by atoms with E-state index < -0.39 is 5.97 Å². The molecule has 98 valence electrons. The SMILES string of the molecule is Cc1cccc(Cn2nc3c(c2C(=O)O)CCC3)c1. The summed E-state index contributed by atoms with van der Waals surface area (Å²) in [5, 5.41) is 13.9. The lowest BCUT2D eigenvalue weighted by atomic mass is 10.1. The van der Waals surface area contributed by atoms with Crippen molar-refractivity contribution in [2.24, 2.45) is 0 Å². The Bertz CT molecular complexity index is 644. The van der Waals surface area contributed by atoms with Crippen LogP contribution in [-0.2, 0) is 19.4 Å². The minimum absolute atomic E-state index is 0.369. The maximum Gasteiger partial charge on any atom is 0.354 e. The zero-order chi connectivity index (χ0) is 13.4. The molecule has 0 amide bonds. The van der Waals surface area contributed by atoms with Crippen LogP contribution in [0.5, 0.6) is 0 Å². The van der Waals surface area contributed by atoms with Gasteiger partial charge in [-0.2, -0.15) is 5.10 Å². The summed E-state index contributed by atoms with van der Waals surface area (Å²) in [6, 6.07) is 8.09. The Morgan fingerprint density at radius 2 is 2.26 bits per heavy atom. The Morgan fingerprint density at radius 1 is 1.42 bits per heavy atom. The van der Waals surface area contributed by atoms with Crippen molar-refractivity contribution in [1.82, 2.24) is 9.78 Å². The van der Waals surface area contributed by atoms with Gasteiger partial charge in [0.25, 0.3) is 0 Å². The zero-order valence-electron chi connectivity index (χ0n) is 10.9. The quantitative estimate of drug-likeness (QED) is 0.917. The molecule has 0 fully saturated rings. The van der Waals surface area contributed by atoms with Crippen molar-refractivity contribution in [3.8, 4) is 0 Å². The second-order valence-electron chi connectivity index (χ2n) is 5.08. The van der Waals surface area contributed by atoms with Crippen molar-refractivity contribution < 1.29 is 9.90 Å². The van der Waals surface area contributed by atoms with Crippen LogP contribution in [0.3, 0.4) is 0 Å². The number of aromatic nitrogens is 2. The fourth-order valence-electron chi connectivity index (χ4n) is 2.78. The Morgan fingerprint density at radius 3 is 3.00 bits per heavy atom. The summed E-state index contributed by atoms with van der Waals surface area (Å²) in [4.78, 5) is 11.4. The highest BCUT2D eigenvalue weighted by molar-refractivity contribution is 5.88. The highest BCUT2D eigenvalue weighted by Gasteiger charge is 2.26. The summed E-state index contributed by atoms with van der Waals surface area (Å²) in [6.07, 6.45) is 2.75. The number of carboxylic acids is 1. The van der Waals surface area contributed by atoms with E-state index in [-0.39, 0.29) is 0 Å². The summed E-state index contributed by atoms with van der Waals surface area (Å²) < 4.78 is 1.64. The van der Waals surface area contributed by atoms with E-state index in [0.717, 1.165) is 36.1 Å². The third-order valence-electron chi connectivity index (χ3n) is 3.59. The molecular weight excluding hydrogens is 240 g/mol. The molecule has 3 rings (SSSR count). The number of carboxylic acid groups (broad SMARTS) is 1. The van der Waals surface area contributed by atoms with Crippen LogP contribution in [0.25, 0.3) is 0 Å². The van der Waals surface area contributed by atoms with Crippen molar-refractivity contribution in [3.05, 3.63) is 52.3 Å². The van der Waals surface area contributed by atoms with E-state index in [0.29, 0.717) is 12.2 Å². The molecule has 2 aromatic rings. The molecule has 0 atom stereocenters. The van der Waals surface area contributed by atoms with Gasteiger partial charge in [0.2, 0.25) is 0 Å². The molecule has 1 aromatic carbocycles. The average Bonchev–Trinajstić information content (AvgIpc) is 2.88. The smallest absolute Gasteiger partial charge is 0.354 e. The third kappa shape index (κ3) is 2.14. The highest BCUT2D eigenvalue weighted by atomic mass is 16.4. The van der Waals surface area contributed by atoms with E-state index in [1.54, 1.807) is 4.68 Å². The molecule has 1 aromatic heterocycles. The summed E-state index contributed by atoms with van der Waals surface area (Å²) in [6.45, 7) is 2.56. The number of hydrogen-bond donors (Lipinski definition) is 1. The van der Waals surface area contributed by atoms with Crippen LogP contribution >= 0.6 is 0 Å². The van der Waals surface area contributed by atoms with Crippen molar-refractivity contribution in [1.29, 1.82) is 0 Å². The molecule has 0 unspecified atom stereocenters. The summed E-state index contributed by atoms with van der Waals surface area (Å²) in [5.74, 6) is -0.872. The van der Waals surface area contributed by atoms with E-state index in [2.05, 4.69) is 11.2 Å². The van der Waals surface area contributed by atoms with Crippen LogP contribution in [-0.4, -0.2) is 20.9 Å². The predicted molar refractivity (Wildman–Crippen MR) is 71.5 cm³/mol. The molecule has 0 saturated heterocycles. The molecule has 0 spiro atoms. The Labute approximate surface area is 111 Å². The molecule has 1 heterocycles. The summed E-state index contributed by atoms with van der Waals surface area (Å²) >= 11 is 0. The van der Waals surface area contributed by atoms with Crippen LogP contribution in [0, 0.1) is 6.92 Å². The van der Waals surface area contributed by atoms with Crippen LogP contribution in [0.15, 0.2) is 24.3 Å². The van der Waals surface area contributed by atoms with Crippen molar-refractivity contribution in [2.75, 3.05) is 0 Å². The number of fused-ring (bicyclic) bond motifs is 1. The van der Waals surface area contributed by atoms with E-state index in [1.165, 1.54) is 5.56 Å².